The Hall–Kier alpha value is -0.710. The van der Waals surface area contributed by atoms with E-state index in [1.165, 1.54) is 12.3 Å². The molecule has 0 radical (unpaired) electrons. The van der Waals surface area contributed by atoms with Gasteiger partial charge in [0.1, 0.15) is 9.84 Å². The van der Waals surface area contributed by atoms with Crippen LogP contribution in [-0.2, 0) is 19.9 Å². The van der Waals surface area contributed by atoms with E-state index in [2.05, 4.69) is 9.71 Å². The molecule has 7 nitrogen and oxygen atoms in total. The molecule has 0 saturated heterocycles. The zero-order chi connectivity index (χ0) is 14.0. The van der Waals surface area contributed by atoms with Gasteiger partial charge in [-0.05, 0) is 6.92 Å². The molecule has 0 spiro atoms. The largest absolute Gasteiger partial charge is 0.387 e. The molecule has 0 fully saturated rings. The quantitative estimate of drug-likeness (QED) is 0.763. The molecule has 0 amide bonds. The second-order valence-corrected chi connectivity index (χ2v) is 8.76. The first-order chi connectivity index (χ1) is 8.09. The molecule has 0 bridgehead atoms. The molecule has 1 unspecified atom stereocenters. The number of sulfone groups is 1. The first-order valence-electron chi connectivity index (χ1n) is 4.91. The summed E-state index contributed by atoms with van der Waals surface area (Å²) in [6.07, 6.45) is 0.188. The van der Waals surface area contributed by atoms with E-state index in [4.69, 9.17) is 0 Å². The van der Waals surface area contributed by atoms with Crippen LogP contribution in [-0.4, -0.2) is 44.7 Å². The molecule has 1 atom stereocenters. The van der Waals surface area contributed by atoms with Gasteiger partial charge < -0.3 is 5.11 Å². The van der Waals surface area contributed by atoms with Crippen LogP contribution in [0.15, 0.2) is 5.38 Å². The van der Waals surface area contributed by atoms with Crippen LogP contribution in [0.5, 0.6) is 0 Å². The van der Waals surface area contributed by atoms with Crippen LogP contribution in [0.25, 0.3) is 0 Å². The van der Waals surface area contributed by atoms with Crippen molar-refractivity contribution in [2.45, 2.75) is 13.0 Å². The van der Waals surface area contributed by atoms with Crippen molar-refractivity contribution < 1.29 is 21.9 Å². The Bertz CT molecular complexity index is 602. The molecule has 0 aliphatic heterocycles. The highest BCUT2D eigenvalue weighted by molar-refractivity contribution is 7.95. The van der Waals surface area contributed by atoms with Crippen molar-refractivity contribution in [3.05, 3.63) is 11.1 Å². The van der Waals surface area contributed by atoms with Crippen molar-refractivity contribution >= 4 is 36.3 Å². The number of anilines is 1. The van der Waals surface area contributed by atoms with Gasteiger partial charge in [0.25, 0.3) is 0 Å². The second-order valence-electron chi connectivity index (χ2n) is 3.80. The van der Waals surface area contributed by atoms with Gasteiger partial charge in [-0.25, -0.2) is 21.8 Å². The Morgan fingerprint density at radius 1 is 1.39 bits per heavy atom. The third kappa shape index (κ3) is 5.29. The van der Waals surface area contributed by atoms with Gasteiger partial charge in [-0.15, -0.1) is 11.3 Å². The van der Waals surface area contributed by atoms with E-state index in [1.54, 1.807) is 0 Å². The lowest BCUT2D eigenvalue weighted by atomic mass is 10.3. The smallest absolute Gasteiger partial charge is 0.235 e. The molecule has 0 aliphatic carbocycles. The molecule has 2 N–H and O–H groups in total. The lowest BCUT2D eigenvalue weighted by molar-refractivity contribution is 0.195. The summed E-state index contributed by atoms with van der Waals surface area (Å²) in [7, 11) is -7.08. The Morgan fingerprint density at radius 3 is 2.44 bits per heavy atom. The number of thiazole rings is 1. The number of nitrogens with one attached hydrogen (secondary N) is 1. The molecule has 1 aromatic rings. The number of nitrogens with zero attached hydrogens (tertiary/aromatic N) is 1. The summed E-state index contributed by atoms with van der Waals surface area (Å²) in [5.41, 5.74) is 0.362. The van der Waals surface area contributed by atoms with Gasteiger partial charge in [-0.3, -0.25) is 4.72 Å². The van der Waals surface area contributed by atoms with E-state index in [-0.39, 0.29) is 5.13 Å². The Morgan fingerprint density at radius 2 is 2.00 bits per heavy atom. The van der Waals surface area contributed by atoms with Crippen LogP contribution in [0.4, 0.5) is 5.13 Å². The molecular weight excluding hydrogens is 300 g/mol. The molecule has 104 valence electrons. The van der Waals surface area contributed by atoms with Gasteiger partial charge in [0, 0.05) is 11.6 Å². The van der Waals surface area contributed by atoms with Crippen LogP contribution < -0.4 is 4.72 Å². The van der Waals surface area contributed by atoms with E-state index >= 15 is 0 Å². The fourth-order valence-corrected chi connectivity index (χ4v) is 4.69. The fourth-order valence-electron chi connectivity index (χ4n) is 0.970. The summed E-state index contributed by atoms with van der Waals surface area (Å²) in [5.74, 6) is -0.966. The normalized spacial score (nSPS) is 14.4. The van der Waals surface area contributed by atoms with Crippen molar-refractivity contribution in [1.82, 2.24) is 4.98 Å². The van der Waals surface area contributed by atoms with Crippen molar-refractivity contribution in [2.75, 3.05) is 22.5 Å². The van der Waals surface area contributed by atoms with Crippen LogP contribution in [0.1, 0.15) is 18.7 Å². The van der Waals surface area contributed by atoms with Crippen LogP contribution in [0.2, 0.25) is 0 Å². The van der Waals surface area contributed by atoms with E-state index in [9.17, 15) is 21.9 Å². The number of aromatic nitrogens is 1. The number of rotatable bonds is 6. The predicted molar refractivity (Wildman–Crippen MR) is 69.9 cm³/mol. The Labute approximate surface area is 110 Å². The SMILES string of the molecule is CC(O)c1csc(NS(=O)(=O)CCS(C)(=O)=O)n1. The molecule has 1 rings (SSSR count). The van der Waals surface area contributed by atoms with E-state index in [0.717, 1.165) is 17.6 Å². The summed E-state index contributed by atoms with van der Waals surface area (Å²) in [4.78, 5) is 3.87. The third-order valence-corrected chi connectivity index (χ3v) is 5.27. The maximum Gasteiger partial charge on any atom is 0.235 e. The van der Waals surface area contributed by atoms with Gasteiger partial charge in [0.05, 0.1) is 23.3 Å². The first-order valence-corrected chi connectivity index (χ1v) is 9.50. The van der Waals surface area contributed by atoms with Gasteiger partial charge in [-0.2, -0.15) is 0 Å². The average Bonchev–Trinajstić information content (AvgIpc) is 2.62. The number of hydrogen-bond acceptors (Lipinski definition) is 7. The monoisotopic (exact) mass is 314 g/mol. The lowest BCUT2D eigenvalue weighted by Crippen LogP contribution is -2.22. The highest BCUT2D eigenvalue weighted by Gasteiger charge is 2.16. The van der Waals surface area contributed by atoms with E-state index in [0.29, 0.717) is 5.69 Å². The minimum Gasteiger partial charge on any atom is -0.387 e. The molecule has 0 saturated carbocycles. The maximum absolute atomic E-state index is 11.6. The number of aliphatic hydroxyl groups is 1. The van der Waals surface area contributed by atoms with Crippen molar-refractivity contribution in [1.29, 1.82) is 0 Å². The standard InChI is InChI=1S/C8H14N2O5S3/c1-6(11)7-5-16-8(9-7)10-18(14,15)4-3-17(2,12)13/h5-6,11H,3-4H2,1-2H3,(H,9,10). The number of hydrogen-bond donors (Lipinski definition) is 2. The summed E-state index contributed by atoms with van der Waals surface area (Å²) >= 11 is 1.03. The molecule has 18 heavy (non-hydrogen) atoms. The van der Waals surface area contributed by atoms with Crippen LogP contribution in [0, 0.1) is 0 Å². The van der Waals surface area contributed by atoms with Gasteiger partial charge in [0.2, 0.25) is 10.0 Å². The summed E-state index contributed by atoms with van der Waals surface area (Å²) in [6.45, 7) is 1.51. The molecule has 1 heterocycles. The van der Waals surface area contributed by atoms with Crippen molar-refractivity contribution in [3.8, 4) is 0 Å². The average molecular weight is 314 g/mol. The highest BCUT2D eigenvalue weighted by atomic mass is 32.2. The van der Waals surface area contributed by atoms with Crippen molar-refractivity contribution in [2.24, 2.45) is 0 Å². The Kier molecular flexibility index (Phi) is 4.70. The molecule has 10 heteroatoms. The molecular formula is C8H14N2O5S3. The Balaban J connectivity index is 2.70. The van der Waals surface area contributed by atoms with Crippen LogP contribution in [0.3, 0.4) is 0 Å². The van der Waals surface area contributed by atoms with Crippen LogP contribution >= 0.6 is 11.3 Å². The summed E-state index contributed by atoms with van der Waals surface area (Å²) in [5, 5.41) is 10.9. The topological polar surface area (TPSA) is 113 Å². The minimum atomic E-state index is -3.74. The number of aliphatic hydroxyl groups excluding tert-OH is 1. The third-order valence-electron chi connectivity index (χ3n) is 1.92. The maximum atomic E-state index is 11.6. The highest BCUT2D eigenvalue weighted by Crippen LogP contribution is 2.21. The van der Waals surface area contributed by atoms with Gasteiger partial charge in [0.15, 0.2) is 5.13 Å². The lowest BCUT2D eigenvalue weighted by Gasteiger charge is -2.04. The molecule has 1 aromatic heterocycles. The van der Waals surface area contributed by atoms with E-state index in [1.807, 2.05) is 0 Å². The van der Waals surface area contributed by atoms with Crippen molar-refractivity contribution in [3.63, 3.8) is 0 Å². The molecule has 0 aliphatic rings. The zero-order valence-electron chi connectivity index (χ0n) is 9.82. The fraction of sp³-hybridized carbons (Fsp3) is 0.625. The van der Waals surface area contributed by atoms with Gasteiger partial charge in [-0.1, -0.05) is 0 Å². The summed E-state index contributed by atoms with van der Waals surface area (Å²) < 4.78 is 47.0. The first kappa shape index (κ1) is 15.3. The number of sulfonamides is 1. The minimum absolute atomic E-state index is 0.111. The molecule has 0 aromatic carbocycles. The van der Waals surface area contributed by atoms with Gasteiger partial charge >= 0.3 is 0 Å². The zero-order valence-corrected chi connectivity index (χ0v) is 12.3. The second kappa shape index (κ2) is 5.51. The van der Waals surface area contributed by atoms with E-state index < -0.39 is 37.5 Å². The predicted octanol–water partition coefficient (Wildman–Crippen LogP) is -0.0173. The summed E-state index contributed by atoms with van der Waals surface area (Å²) in [6, 6.07) is 0.